The van der Waals surface area contributed by atoms with E-state index in [1.807, 2.05) is 0 Å². The summed E-state index contributed by atoms with van der Waals surface area (Å²) in [6, 6.07) is 0.375. The molecular formula is C36H65N3O3. The molecule has 42 heavy (non-hydrogen) atoms. The van der Waals surface area contributed by atoms with E-state index < -0.39 is 0 Å². The molecule has 0 spiro atoms. The lowest BCUT2D eigenvalue weighted by Gasteiger charge is -2.53. The Bertz CT molecular complexity index is 1000. The van der Waals surface area contributed by atoms with Crippen LogP contribution in [0.15, 0.2) is 0 Å². The van der Waals surface area contributed by atoms with Crippen LogP contribution in [0, 0.1) is 27.1 Å². The zero-order valence-electron chi connectivity index (χ0n) is 29.7. The number of amides is 3. The van der Waals surface area contributed by atoms with Crippen molar-refractivity contribution in [2.24, 2.45) is 27.1 Å². The Kier molecular flexibility index (Phi) is 9.74. The second-order valence-corrected chi connectivity index (χ2v) is 18.3. The number of hydrogen-bond acceptors (Lipinski definition) is 3. The molecule has 3 amide bonds. The van der Waals surface area contributed by atoms with E-state index in [4.69, 9.17) is 0 Å². The van der Waals surface area contributed by atoms with Crippen molar-refractivity contribution in [3.63, 3.8) is 0 Å². The molecule has 6 nitrogen and oxygen atoms in total. The van der Waals surface area contributed by atoms with Gasteiger partial charge in [-0.1, -0.05) is 89.5 Å². The Morgan fingerprint density at radius 2 is 1.29 bits per heavy atom. The predicted molar refractivity (Wildman–Crippen MR) is 173 cm³/mol. The molecule has 0 aromatic rings. The van der Waals surface area contributed by atoms with Gasteiger partial charge in [0, 0.05) is 38.0 Å². The van der Waals surface area contributed by atoms with Crippen LogP contribution in [0.4, 0.5) is 0 Å². The van der Waals surface area contributed by atoms with Crippen LogP contribution in [0.1, 0.15) is 148 Å². The molecule has 0 aliphatic carbocycles. The van der Waals surface area contributed by atoms with Gasteiger partial charge in [0.1, 0.15) is 0 Å². The topological polar surface area (TPSA) is 60.7 Å². The first-order valence-electron chi connectivity index (χ1n) is 16.8. The highest BCUT2D eigenvalue weighted by Gasteiger charge is 2.68. The zero-order chi connectivity index (χ0) is 32.1. The highest BCUT2D eigenvalue weighted by atomic mass is 16.2. The van der Waals surface area contributed by atoms with Gasteiger partial charge in [-0.25, -0.2) is 0 Å². The van der Waals surface area contributed by atoms with Crippen LogP contribution >= 0.6 is 0 Å². The average Bonchev–Trinajstić information content (AvgIpc) is 3.29. The van der Waals surface area contributed by atoms with E-state index >= 15 is 0 Å². The lowest BCUT2D eigenvalue weighted by molar-refractivity contribution is -0.139. The smallest absolute Gasteiger partial charge is 0.222 e. The molecule has 0 N–H and O–H groups in total. The summed E-state index contributed by atoms with van der Waals surface area (Å²) < 4.78 is 0. The quantitative estimate of drug-likeness (QED) is 0.184. The highest BCUT2D eigenvalue weighted by molar-refractivity contribution is 5.78. The lowest BCUT2D eigenvalue weighted by atomic mass is 9.58. The van der Waals surface area contributed by atoms with Crippen molar-refractivity contribution >= 4 is 18.2 Å². The van der Waals surface area contributed by atoms with Gasteiger partial charge in [0.2, 0.25) is 18.2 Å². The number of hydrogen-bond donors (Lipinski definition) is 0. The van der Waals surface area contributed by atoms with Gasteiger partial charge in [-0.2, -0.15) is 0 Å². The first-order chi connectivity index (χ1) is 19.0. The van der Waals surface area contributed by atoms with Crippen molar-refractivity contribution < 1.29 is 14.4 Å². The van der Waals surface area contributed by atoms with Gasteiger partial charge in [0.05, 0.1) is 11.6 Å². The molecule has 3 saturated heterocycles. The maximum Gasteiger partial charge on any atom is 0.222 e. The Balaban J connectivity index is 1.91. The molecule has 0 radical (unpaired) electrons. The normalized spacial score (nSPS) is 26.4. The number of likely N-dealkylation sites (tertiary alicyclic amines) is 2. The van der Waals surface area contributed by atoms with E-state index in [1.165, 1.54) is 0 Å². The fraction of sp³-hybridized carbons (Fsp3) is 0.917. The fourth-order valence-corrected chi connectivity index (χ4v) is 8.20. The summed E-state index contributed by atoms with van der Waals surface area (Å²) in [5, 5.41) is 0. The van der Waals surface area contributed by atoms with Gasteiger partial charge < -0.3 is 14.7 Å². The fourth-order valence-electron chi connectivity index (χ4n) is 8.20. The van der Waals surface area contributed by atoms with Crippen LogP contribution in [-0.2, 0) is 14.4 Å². The van der Waals surface area contributed by atoms with E-state index in [1.54, 1.807) is 0 Å². The Labute approximate surface area is 258 Å². The summed E-state index contributed by atoms with van der Waals surface area (Å²) in [5.74, 6) is 0.577. The van der Waals surface area contributed by atoms with Crippen LogP contribution in [0.3, 0.4) is 0 Å². The second kappa shape index (κ2) is 11.7. The average molecular weight is 588 g/mol. The molecule has 3 heterocycles. The van der Waals surface area contributed by atoms with Crippen LogP contribution in [0.25, 0.3) is 0 Å². The second-order valence-electron chi connectivity index (χ2n) is 18.3. The van der Waals surface area contributed by atoms with Crippen LogP contribution < -0.4 is 0 Å². The van der Waals surface area contributed by atoms with Crippen LogP contribution in [0.5, 0.6) is 0 Å². The summed E-state index contributed by atoms with van der Waals surface area (Å²) in [7, 11) is 0. The summed E-state index contributed by atoms with van der Waals surface area (Å²) in [6.45, 7) is 31.6. The molecule has 3 fully saturated rings. The molecule has 3 aliphatic rings. The van der Waals surface area contributed by atoms with E-state index in [2.05, 4.69) is 105 Å². The van der Waals surface area contributed by atoms with Gasteiger partial charge in [-0.15, -0.1) is 0 Å². The molecule has 0 saturated carbocycles. The van der Waals surface area contributed by atoms with Crippen molar-refractivity contribution in [1.29, 1.82) is 0 Å². The maximum atomic E-state index is 13.4. The Hall–Kier alpha value is -1.59. The predicted octanol–water partition coefficient (Wildman–Crippen LogP) is 7.69. The largest absolute Gasteiger partial charge is 0.339 e. The molecule has 4 atom stereocenters. The number of rotatable bonds is 11. The molecule has 0 aromatic heterocycles. The minimum Gasteiger partial charge on any atom is -0.339 e. The van der Waals surface area contributed by atoms with Crippen molar-refractivity contribution in [3.8, 4) is 0 Å². The number of carbonyl (C=O) groups excluding carboxylic acids is 3. The van der Waals surface area contributed by atoms with E-state index in [0.717, 1.165) is 64.4 Å². The number of nitrogens with zero attached hydrogens (tertiary/aromatic N) is 3. The number of carbonyl (C=O) groups is 3. The molecule has 0 aromatic carbocycles. The summed E-state index contributed by atoms with van der Waals surface area (Å²) in [5.41, 5.74) is -0.755. The van der Waals surface area contributed by atoms with Crippen molar-refractivity contribution in [2.75, 3.05) is 13.1 Å². The monoisotopic (exact) mass is 588 g/mol. The third kappa shape index (κ3) is 6.72. The van der Waals surface area contributed by atoms with Crippen molar-refractivity contribution in [2.45, 2.75) is 171 Å². The SMILES string of the molecule is CC(C)(C)CC(N1CCCCCC1=O)C(C)(C)C(C)(C)CC1N(C=O)C1(C)C(C)(C)CC(N1CCCC1=O)C(C)(C)C. The molecule has 4 unspecified atom stereocenters. The summed E-state index contributed by atoms with van der Waals surface area (Å²) >= 11 is 0. The standard InChI is InChI=1S/C36H65N3O3/c1-31(2,3)22-27(38-20-16-14-15-18-29(38)41)35(11,12)33(7,8)24-28-36(13,39(28)25-40)34(9,10)23-26(32(4,5)6)37-21-17-19-30(37)42/h25-28H,14-24H2,1-13H3. The minimum atomic E-state index is -0.299. The third-order valence-corrected chi connectivity index (χ3v) is 12.2. The molecule has 3 aliphatic heterocycles. The van der Waals surface area contributed by atoms with Crippen LogP contribution in [0.2, 0.25) is 0 Å². The van der Waals surface area contributed by atoms with Crippen molar-refractivity contribution in [1.82, 2.24) is 14.7 Å². The van der Waals surface area contributed by atoms with Gasteiger partial charge in [-0.3, -0.25) is 14.4 Å². The summed E-state index contributed by atoms with van der Waals surface area (Å²) in [4.78, 5) is 45.3. The minimum absolute atomic E-state index is 0.0504. The van der Waals surface area contributed by atoms with Gasteiger partial charge in [0.25, 0.3) is 0 Å². The zero-order valence-corrected chi connectivity index (χ0v) is 29.7. The van der Waals surface area contributed by atoms with Gasteiger partial charge in [0.15, 0.2) is 0 Å². The maximum absolute atomic E-state index is 13.4. The summed E-state index contributed by atoms with van der Waals surface area (Å²) in [6.07, 6.45) is 9.18. The van der Waals surface area contributed by atoms with Crippen LogP contribution in [-0.4, -0.2) is 69.7 Å². The lowest BCUT2D eigenvalue weighted by Crippen LogP contribution is -2.55. The van der Waals surface area contributed by atoms with Gasteiger partial charge in [-0.05, 0) is 72.5 Å². The molecule has 6 heteroatoms. The first kappa shape index (κ1) is 34.9. The molecule has 0 bridgehead atoms. The van der Waals surface area contributed by atoms with E-state index in [-0.39, 0.29) is 56.6 Å². The molecule has 3 rings (SSSR count). The van der Waals surface area contributed by atoms with E-state index in [9.17, 15) is 14.4 Å². The molecule has 242 valence electrons. The van der Waals surface area contributed by atoms with Gasteiger partial charge >= 0.3 is 0 Å². The first-order valence-corrected chi connectivity index (χ1v) is 16.8. The van der Waals surface area contributed by atoms with Crippen molar-refractivity contribution in [3.05, 3.63) is 0 Å². The third-order valence-electron chi connectivity index (χ3n) is 12.2. The van der Waals surface area contributed by atoms with E-state index in [0.29, 0.717) is 18.7 Å². The Morgan fingerprint density at radius 3 is 1.79 bits per heavy atom. The highest BCUT2D eigenvalue weighted by Crippen LogP contribution is 2.61. The molecular weight excluding hydrogens is 522 g/mol. The Morgan fingerprint density at radius 1 is 0.762 bits per heavy atom.